The van der Waals surface area contributed by atoms with Gasteiger partial charge in [0, 0.05) is 0 Å². The van der Waals surface area contributed by atoms with Crippen LogP contribution in [0.2, 0.25) is 0 Å². The average Bonchev–Trinajstić information content (AvgIpc) is 1.81. The van der Waals surface area contributed by atoms with Gasteiger partial charge in [0.1, 0.15) is 5.76 Å². The van der Waals surface area contributed by atoms with Gasteiger partial charge in [-0.15, -0.1) is 0 Å². The van der Waals surface area contributed by atoms with E-state index in [0.717, 1.165) is 0 Å². The molecule has 0 bridgehead atoms. The van der Waals surface area contributed by atoms with Gasteiger partial charge in [0.15, 0.2) is 0 Å². The summed E-state index contributed by atoms with van der Waals surface area (Å²) in [7, 11) is -3.66. The fraction of sp³-hybridized carbons (Fsp3) is 0.667. The SMILES string of the molecule is CCCOS(=O)(=O)C=C(C)O.[NaH]. The molecule has 0 aliphatic carbocycles. The van der Waals surface area contributed by atoms with Gasteiger partial charge in [-0.05, 0) is 13.3 Å². The Balaban J connectivity index is 0. The van der Waals surface area contributed by atoms with E-state index in [-0.39, 0.29) is 41.9 Å². The summed E-state index contributed by atoms with van der Waals surface area (Å²) in [6.45, 7) is 3.21. The van der Waals surface area contributed by atoms with Gasteiger partial charge in [0.25, 0.3) is 10.1 Å². The Hall–Kier alpha value is 0.450. The molecule has 0 amide bonds. The van der Waals surface area contributed by atoms with Crippen molar-refractivity contribution in [3.63, 3.8) is 0 Å². The van der Waals surface area contributed by atoms with Crippen molar-refractivity contribution in [2.45, 2.75) is 20.3 Å². The molecule has 0 aliphatic rings. The minimum absolute atomic E-state index is 0. The van der Waals surface area contributed by atoms with Crippen molar-refractivity contribution in [3.05, 3.63) is 11.2 Å². The Morgan fingerprint density at radius 3 is 2.42 bits per heavy atom. The quantitative estimate of drug-likeness (QED) is 0.412. The molecule has 0 aromatic rings. The van der Waals surface area contributed by atoms with Crippen LogP contribution in [0, 0.1) is 0 Å². The van der Waals surface area contributed by atoms with Crippen LogP contribution >= 0.6 is 0 Å². The van der Waals surface area contributed by atoms with Crippen molar-refractivity contribution in [1.29, 1.82) is 0 Å². The summed E-state index contributed by atoms with van der Waals surface area (Å²) >= 11 is 0. The first-order chi connectivity index (χ1) is 4.98. The standard InChI is InChI=1S/C6H12O4S.Na.H/c1-3-4-10-11(8,9)5-6(2)7;;/h5,7H,3-4H2,1-2H3;;. The van der Waals surface area contributed by atoms with Crippen LogP contribution in [0.4, 0.5) is 0 Å². The van der Waals surface area contributed by atoms with Gasteiger partial charge in [-0.1, -0.05) is 6.92 Å². The Labute approximate surface area is 95.0 Å². The molecule has 0 saturated heterocycles. The zero-order valence-electron chi connectivity index (χ0n) is 6.57. The van der Waals surface area contributed by atoms with Gasteiger partial charge in [-0.3, -0.25) is 4.18 Å². The molecule has 0 atom stereocenters. The number of hydrogen-bond donors (Lipinski definition) is 1. The van der Waals surface area contributed by atoms with Crippen LogP contribution in [0.3, 0.4) is 0 Å². The third kappa shape index (κ3) is 8.55. The van der Waals surface area contributed by atoms with Crippen molar-refractivity contribution < 1.29 is 17.7 Å². The van der Waals surface area contributed by atoms with Crippen LogP contribution in [0.5, 0.6) is 0 Å². The number of allylic oxidation sites excluding steroid dienone is 1. The van der Waals surface area contributed by atoms with E-state index in [0.29, 0.717) is 11.8 Å². The molecule has 0 aliphatic heterocycles. The molecule has 0 aromatic heterocycles. The van der Waals surface area contributed by atoms with Crippen LogP contribution in [0.25, 0.3) is 0 Å². The Morgan fingerprint density at radius 2 is 2.08 bits per heavy atom. The molecule has 0 rings (SSSR count). The summed E-state index contributed by atoms with van der Waals surface area (Å²) in [6, 6.07) is 0. The minimum atomic E-state index is -3.66. The van der Waals surface area contributed by atoms with Crippen LogP contribution in [-0.2, 0) is 14.3 Å². The normalized spacial score (nSPS) is 12.3. The van der Waals surface area contributed by atoms with Gasteiger partial charge in [0.2, 0.25) is 0 Å². The number of aliphatic hydroxyl groups is 1. The topological polar surface area (TPSA) is 63.6 Å². The van der Waals surface area contributed by atoms with Crippen molar-refractivity contribution in [1.82, 2.24) is 0 Å². The second kappa shape index (κ2) is 6.91. The third-order valence-electron chi connectivity index (χ3n) is 0.767. The van der Waals surface area contributed by atoms with Crippen LogP contribution in [-0.4, -0.2) is 49.7 Å². The van der Waals surface area contributed by atoms with Crippen molar-refractivity contribution >= 4 is 39.7 Å². The van der Waals surface area contributed by atoms with Crippen LogP contribution in [0.15, 0.2) is 11.2 Å². The second-order valence-electron chi connectivity index (χ2n) is 2.07. The molecule has 0 radical (unpaired) electrons. The molecule has 0 unspecified atom stereocenters. The van der Waals surface area contributed by atoms with Crippen molar-refractivity contribution in [3.8, 4) is 0 Å². The van der Waals surface area contributed by atoms with E-state index in [4.69, 9.17) is 5.11 Å². The molecule has 12 heavy (non-hydrogen) atoms. The van der Waals surface area contributed by atoms with Gasteiger partial charge in [-0.2, -0.15) is 8.42 Å². The van der Waals surface area contributed by atoms with Crippen molar-refractivity contribution in [2.75, 3.05) is 6.61 Å². The van der Waals surface area contributed by atoms with Gasteiger partial charge < -0.3 is 5.11 Å². The molecule has 0 heterocycles. The molecule has 1 N–H and O–H groups in total. The van der Waals surface area contributed by atoms with E-state index in [9.17, 15) is 8.42 Å². The predicted octanol–water partition coefficient (Wildman–Crippen LogP) is 0.514. The Kier molecular flexibility index (Phi) is 8.61. The van der Waals surface area contributed by atoms with E-state index in [1.165, 1.54) is 6.92 Å². The molecule has 0 spiro atoms. The first-order valence-corrected chi connectivity index (χ1v) is 4.72. The molecule has 6 heteroatoms. The van der Waals surface area contributed by atoms with Crippen LogP contribution in [0.1, 0.15) is 20.3 Å². The summed E-state index contributed by atoms with van der Waals surface area (Å²) in [5.74, 6) is -0.277. The van der Waals surface area contributed by atoms with Crippen LogP contribution < -0.4 is 0 Å². The number of rotatable bonds is 4. The van der Waals surface area contributed by atoms with E-state index in [1.54, 1.807) is 6.92 Å². The number of hydrogen-bond acceptors (Lipinski definition) is 4. The zero-order chi connectivity index (χ0) is 8.91. The monoisotopic (exact) mass is 204 g/mol. The average molecular weight is 204 g/mol. The van der Waals surface area contributed by atoms with Gasteiger partial charge in [0.05, 0.1) is 12.0 Å². The van der Waals surface area contributed by atoms with Gasteiger partial charge in [-0.25, -0.2) is 0 Å². The zero-order valence-corrected chi connectivity index (χ0v) is 7.39. The van der Waals surface area contributed by atoms with E-state index in [1.807, 2.05) is 0 Å². The van der Waals surface area contributed by atoms with Gasteiger partial charge >= 0.3 is 29.6 Å². The maximum atomic E-state index is 10.7. The molecule has 0 fully saturated rings. The molecular weight excluding hydrogens is 191 g/mol. The van der Waals surface area contributed by atoms with Crippen molar-refractivity contribution in [2.24, 2.45) is 0 Å². The first kappa shape index (κ1) is 14.9. The third-order valence-corrected chi connectivity index (χ3v) is 1.89. The summed E-state index contributed by atoms with van der Waals surface area (Å²) in [5, 5.41) is 9.27. The number of aliphatic hydroxyl groups excluding tert-OH is 1. The Bertz CT molecular complexity index is 228. The van der Waals surface area contributed by atoms with E-state index in [2.05, 4.69) is 4.18 Å². The predicted molar refractivity (Wildman–Crippen MR) is 48.7 cm³/mol. The summed E-state index contributed by atoms with van der Waals surface area (Å²) in [6.07, 6.45) is 0.623. The summed E-state index contributed by atoms with van der Waals surface area (Å²) in [5.41, 5.74) is 0. The Morgan fingerprint density at radius 1 is 1.58 bits per heavy atom. The molecule has 0 aromatic carbocycles. The summed E-state index contributed by atoms with van der Waals surface area (Å²) < 4.78 is 25.9. The first-order valence-electron chi connectivity index (χ1n) is 3.24. The molecular formula is C6H13NaO4S. The second-order valence-corrected chi connectivity index (χ2v) is 3.53. The molecule has 68 valence electrons. The fourth-order valence-corrected chi connectivity index (χ4v) is 1.33. The van der Waals surface area contributed by atoms with E-state index >= 15 is 0 Å². The summed E-state index contributed by atoms with van der Waals surface area (Å²) in [4.78, 5) is 0. The molecule has 0 saturated carbocycles. The fourth-order valence-electron chi connectivity index (χ4n) is 0.442. The van der Waals surface area contributed by atoms with E-state index < -0.39 is 10.1 Å². The molecule has 4 nitrogen and oxygen atoms in total. The maximum absolute atomic E-state index is 10.7.